The summed E-state index contributed by atoms with van der Waals surface area (Å²) in [6.45, 7) is 9.89. The van der Waals surface area contributed by atoms with Gasteiger partial charge in [0.25, 0.3) is 5.56 Å². The summed E-state index contributed by atoms with van der Waals surface area (Å²) in [6.07, 6.45) is 6.66. The lowest BCUT2D eigenvalue weighted by Gasteiger charge is -2.39. The van der Waals surface area contributed by atoms with Crippen LogP contribution in [0.5, 0.6) is 0 Å². The van der Waals surface area contributed by atoms with E-state index in [1.165, 1.54) is 28.7 Å². The van der Waals surface area contributed by atoms with Gasteiger partial charge in [-0.2, -0.15) is 0 Å². The van der Waals surface area contributed by atoms with Crippen LogP contribution in [0.2, 0.25) is 0 Å². The summed E-state index contributed by atoms with van der Waals surface area (Å²) in [5.74, 6) is 1.40. The van der Waals surface area contributed by atoms with Crippen LogP contribution in [-0.2, 0) is 17.7 Å². The number of aromatic nitrogens is 2. The lowest BCUT2D eigenvalue weighted by molar-refractivity contribution is 0.115. The molecular formula is C23H36N4O4. The first-order valence-corrected chi connectivity index (χ1v) is 11.3. The van der Waals surface area contributed by atoms with E-state index >= 15 is 0 Å². The molecule has 3 rings (SSSR count). The quantitative estimate of drug-likeness (QED) is 0.684. The minimum absolute atomic E-state index is 0.121. The Balaban J connectivity index is 1.90. The average molecular weight is 433 g/mol. The number of amides is 1. The molecule has 0 spiro atoms. The van der Waals surface area contributed by atoms with E-state index < -0.39 is 12.3 Å². The number of ether oxygens (including phenoxy) is 1. The van der Waals surface area contributed by atoms with Crippen LogP contribution in [-0.4, -0.2) is 37.7 Å². The average Bonchev–Trinajstić information content (AvgIpc) is 2.73. The maximum Gasteiger partial charge on any atom is 0.415 e. The van der Waals surface area contributed by atoms with E-state index in [0.717, 1.165) is 12.8 Å². The third kappa shape index (κ3) is 5.11. The lowest BCUT2D eigenvalue weighted by atomic mass is 9.77. The first-order valence-electron chi connectivity index (χ1n) is 11.3. The van der Waals surface area contributed by atoms with Crippen molar-refractivity contribution in [2.75, 3.05) is 11.9 Å². The first kappa shape index (κ1) is 23.3. The summed E-state index contributed by atoms with van der Waals surface area (Å²) in [5, 5.41) is 13.9. The third-order valence-electron chi connectivity index (χ3n) is 6.61. The van der Waals surface area contributed by atoms with Crippen molar-refractivity contribution in [2.45, 2.75) is 91.5 Å². The Morgan fingerprint density at radius 2 is 2.00 bits per heavy atom. The van der Waals surface area contributed by atoms with Crippen molar-refractivity contribution in [3.8, 4) is 0 Å². The van der Waals surface area contributed by atoms with Crippen LogP contribution in [0, 0.1) is 5.92 Å². The molecular weight excluding hydrogens is 396 g/mol. The molecule has 0 saturated heterocycles. The van der Waals surface area contributed by atoms with Crippen LogP contribution in [0.1, 0.15) is 84.2 Å². The predicted octanol–water partition coefficient (Wildman–Crippen LogP) is 3.94. The van der Waals surface area contributed by atoms with E-state index in [2.05, 4.69) is 19.2 Å². The normalized spacial score (nSPS) is 19.0. The first-order chi connectivity index (χ1) is 14.6. The summed E-state index contributed by atoms with van der Waals surface area (Å²) >= 11 is 0. The Morgan fingerprint density at radius 1 is 1.32 bits per heavy atom. The molecule has 8 heteroatoms. The molecule has 1 fully saturated rings. The van der Waals surface area contributed by atoms with E-state index in [1.807, 2.05) is 0 Å². The maximum absolute atomic E-state index is 13.3. The summed E-state index contributed by atoms with van der Waals surface area (Å²) in [7, 11) is 0. The summed E-state index contributed by atoms with van der Waals surface area (Å²) in [6, 6.07) is 0. The highest BCUT2D eigenvalue weighted by Crippen LogP contribution is 2.34. The monoisotopic (exact) mass is 432 g/mol. The van der Waals surface area contributed by atoms with Crippen molar-refractivity contribution in [3.63, 3.8) is 0 Å². The molecule has 1 amide bonds. The van der Waals surface area contributed by atoms with Crippen LogP contribution in [0.25, 0.3) is 0 Å². The molecule has 172 valence electrons. The molecule has 1 aliphatic carbocycles. The van der Waals surface area contributed by atoms with Crippen LogP contribution < -0.4 is 10.9 Å². The third-order valence-corrected chi connectivity index (χ3v) is 6.61. The minimum atomic E-state index is -1.04. The fourth-order valence-electron chi connectivity index (χ4n) is 4.56. The number of allylic oxidation sites excluding steroid dienone is 2. The van der Waals surface area contributed by atoms with E-state index in [0.29, 0.717) is 41.8 Å². The largest absolute Gasteiger partial charge is 0.415 e. The number of carbonyl (C=O) groups is 1. The highest BCUT2D eigenvalue weighted by Gasteiger charge is 2.34. The second-order valence-electron chi connectivity index (χ2n) is 9.29. The molecule has 0 bridgehead atoms. The summed E-state index contributed by atoms with van der Waals surface area (Å²) < 4.78 is 6.59. The van der Waals surface area contributed by atoms with Gasteiger partial charge in [-0.15, -0.1) is 0 Å². The van der Waals surface area contributed by atoms with Crippen LogP contribution in [0.4, 0.5) is 10.7 Å². The molecule has 0 radical (unpaired) electrons. The Hall–Kier alpha value is -2.35. The van der Waals surface area contributed by atoms with Gasteiger partial charge in [0, 0.05) is 18.5 Å². The number of rotatable bonds is 5. The van der Waals surface area contributed by atoms with E-state index in [4.69, 9.17) is 9.72 Å². The number of hydrogen-bond donors (Lipinski definition) is 2. The van der Waals surface area contributed by atoms with Crippen molar-refractivity contribution in [2.24, 2.45) is 5.92 Å². The van der Waals surface area contributed by atoms with Gasteiger partial charge in [-0.3, -0.25) is 9.36 Å². The molecule has 1 saturated carbocycles. The van der Waals surface area contributed by atoms with Crippen LogP contribution in [0.3, 0.4) is 0 Å². The number of anilines is 1. The molecule has 1 aromatic rings. The van der Waals surface area contributed by atoms with E-state index in [9.17, 15) is 14.7 Å². The Labute approximate surface area is 184 Å². The molecule has 1 aliphatic heterocycles. The molecule has 2 N–H and O–H groups in total. The van der Waals surface area contributed by atoms with Gasteiger partial charge < -0.3 is 20.1 Å². The topological polar surface area (TPSA) is 96.7 Å². The maximum atomic E-state index is 13.3. The molecule has 1 atom stereocenters. The highest BCUT2D eigenvalue weighted by molar-refractivity contribution is 5.69. The number of hydrogen-bond acceptors (Lipinski definition) is 6. The molecule has 31 heavy (non-hydrogen) atoms. The second kappa shape index (κ2) is 9.42. The molecule has 0 aromatic carbocycles. The molecule has 1 unspecified atom stereocenters. The molecule has 2 aliphatic rings. The van der Waals surface area contributed by atoms with E-state index in [1.54, 1.807) is 26.8 Å². The lowest BCUT2D eigenvalue weighted by Crippen LogP contribution is -2.45. The van der Waals surface area contributed by atoms with E-state index in [-0.39, 0.29) is 17.6 Å². The SMILES string of the molecule is C/C=C(/C)OC(=O)N1CCc2nc(NC(C)(C)C3CCCCC3)n(C(C)O)c(=O)c2C1. The van der Waals surface area contributed by atoms with Crippen LogP contribution in [0.15, 0.2) is 16.6 Å². The van der Waals surface area contributed by atoms with Crippen molar-refractivity contribution in [1.82, 2.24) is 14.5 Å². The zero-order valence-electron chi connectivity index (χ0n) is 19.4. The fourth-order valence-corrected chi connectivity index (χ4v) is 4.56. The van der Waals surface area contributed by atoms with Gasteiger partial charge in [0.2, 0.25) is 5.95 Å². The smallest absolute Gasteiger partial charge is 0.415 e. The molecule has 1 aromatic heterocycles. The molecule has 2 heterocycles. The van der Waals surface area contributed by atoms with Gasteiger partial charge in [-0.25, -0.2) is 9.78 Å². The van der Waals surface area contributed by atoms with Gasteiger partial charge in [0.15, 0.2) is 0 Å². The fraction of sp³-hybridized carbons (Fsp3) is 0.696. The number of nitrogens with zero attached hydrogens (tertiary/aromatic N) is 3. The number of nitrogens with one attached hydrogen (secondary N) is 1. The van der Waals surface area contributed by atoms with Crippen molar-refractivity contribution in [3.05, 3.63) is 33.4 Å². The zero-order valence-corrected chi connectivity index (χ0v) is 19.4. The number of aliphatic hydroxyl groups is 1. The van der Waals surface area contributed by atoms with Crippen molar-refractivity contribution >= 4 is 12.0 Å². The number of fused-ring (bicyclic) bond motifs is 1. The van der Waals surface area contributed by atoms with Crippen molar-refractivity contribution < 1.29 is 14.6 Å². The Bertz CT molecular complexity index is 898. The highest BCUT2D eigenvalue weighted by atomic mass is 16.6. The molecule has 8 nitrogen and oxygen atoms in total. The van der Waals surface area contributed by atoms with Gasteiger partial charge >= 0.3 is 6.09 Å². The van der Waals surface area contributed by atoms with Gasteiger partial charge in [-0.05, 0) is 59.5 Å². The second-order valence-corrected chi connectivity index (χ2v) is 9.29. The Kier molecular flexibility index (Phi) is 7.09. The van der Waals surface area contributed by atoms with Gasteiger partial charge in [0.1, 0.15) is 12.0 Å². The minimum Gasteiger partial charge on any atom is -0.415 e. The van der Waals surface area contributed by atoms with Gasteiger partial charge in [0.05, 0.1) is 17.8 Å². The number of carbonyl (C=O) groups excluding carboxylic acids is 1. The standard InChI is InChI=1S/C23H36N4O4/c1-6-15(2)31-22(30)26-13-12-19-18(14-26)20(29)27(16(3)28)21(24-19)25-23(4,5)17-10-8-7-9-11-17/h6,16-17,28H,7-14H2,1-5H3,(H,24,25)/b15-6-. The zero-order chi connectivity index (χ0) is 22.8. The summed E-state index contributed by atoms with van der Waals surface area (Å²) in [4.78, 5) is 32.0. The Morgan fingerprint density at radius 3 is 2.61 bits per heavy atom. The van der Waals surface area contributed by atoms with Gasteiger partial charge in [-0.1, -0.05) is 19.3 Å². The summed E-state index contributed by atoms with van der Waals surface area (Å²) in [5.41, 5.74) is 0.542. The predicted molar refractivity (Wildman–Crippen MR) is 120 cm³/mol. The number of aliphatic hydroxyl groups excluding tert-OH is 1. The van der Waals surface area contributed by atoms with Crippen LogP contribution >= 0.6 is 0 Å². The van der Waals surface area contributed by atoms with Crippen molar-refractivity contribution in [1.29, 1.82) is 0 Å².